The van der Waals surface area contributed by atoms with Crippen LogP contribution >= 0.6 is 0 Å². The molecule has 1 aliphatic heterocycles. The maximum Gasteiger partial charge on any atom is 0.251 e. The van der Waals surface area contributed by atoms with E-state index in [1.807, 2.05) is 10.6 Å². The number of hydrogen-bond acceptors (Lipinski definition) is 4. The lowest BCUT2D eigenvalue weighted by atomic mass is 10.1. The molecule has 4 rings (SSSR count). The topological polar surface area (TPSA) is 88.9 Å². The average molecular weight is 393 g/mol. The van der Waals surface area contributed by atoms with Crippen molar-refractivity contribution in [2.45, 2.75) is 25.4 Å². The molecule has 1 atom stereocenters. The largest absolute Gasteiger partial charge is 0.350 e. The molecule has 0 saturated heterocycles. The summed E-state index contributed by atoms with van der Waals surface area (Å²) in [6, 6.07) is 14.7. The Kier molecular flexibility index (Phi) is 5.33. The zero-order chi connectivity index (χ0) is 20.2. The molecule has 29 heavy (non-hydrogen) atoms. The molecule has 148 valence electrons. The molecule has 2 aromatic carbocycles. The minimum absolute atomic E-state index is 0.0932. The molecule has 7 nitrogen and oxygen atoms in total. The molecule has 0 bridgehead atoms. The van der Waals surface area contributed by atoms with Gasteiger partial charge in [0.1, 0.15) is 11.6 Å². The Morgan fingerprint density at radius 1 is 1.07 bits per heavy atom. The first-order valence-electron chi connectivity index (χ1n) is 9.41. The third kappa shape index (κ3) is 4.31. The van der Waals surface area contributed by atoms with E-state index in [1.54, 1.807) is 36.4 Å². The Balaban J connectivity index is 1.36. The van der Waals surface area contributed by atoms with Crippen LogP contribution in [0.4, 0.5) is 4.39 Å². The molecule has 0 unspecified atom stereocenters. The van der Waals surface area contributed by atoms with Crippen LogP contribution in [-0.2, 0) is 17.8 Å². The van der Waals surface area contributed by atoms with E-state index < -0.39 is 0 Å². The van der Waals surface area contributed by atoms with Gasteiger partial charge in [0.25, 0.3) is 5.91 Å². The second kappa shape index (κ2) is 8.22. The number of carbonyl (C=O) groups excluding carboxylic acids is 2. The number of benzene rings is 2. The van der Waals surface area contributed by atoms with Crippen molar-refractivity contribution in [1.82, 2.24) is 25.4 Å². The fourth-order valence-corrected chi connectivity index (χ4v) is 3.39. The second-order valence-corrected chi connectivity index (χ2v) is 6.91. The molecule has 8 heteroatoms. The van der Waals surface area contributed by atoms with Crippen LogP contribution in [0.15, 0.2) is 54.6 Å². The minimum Gasteiger partial charge on any atom is -0.350 e. The van der Waals surface area contributed by atoms with Crippen LogP contribution in [0.5, 0.6) is 0 Å². The number of rotatable bonds is 5. The molecule has 3 aromatic rings. The Hall–Kier alpha value is -3.55. The van der Waals surface area contributed by atoms with Gasteiger partial charge in [0.05, 0.1) is 6.54 Å². The quantitative estimate of drug-likeness (QED) is 0.693. The molecule has 0 aliphatic carbocycles. The van der Waals surface area contributed by atoms with E-state index >= 15 is 0 Å². The monoisotopic (exact) mass is 393 g/mol. The number of aryl methyl sites for hydroxylation is 1. The van der Waals surface area contributed by atoms with E-state index in [1.165, 1.54) is 12.1 Å². The third-order valence-electron chi connectivity index (χ3n) is 4.86. The van der Waals surface area contributed by atoms with Crippen LogP contribution in [0.2, 0.25) is 0 Å². The first-order valence-corrected chi connectivity index (χ1v) is 9.41. The number of halogens is 1. The van der Waals surface area contributed by atoms with Crippen molar-refractivity contribution in [2.24, 2.45) is 0 Å². The summed E-state index contributed by atoms with van der Waals surface area (Å²) >= 11 is 0. The zero-order valence-corrected chi connectivity index (χ0v) is 15.6. The molecule has 1 aromatic heterocycles. The van der Waals surface area contributed by atoms with E-state index in [-0.39, 0.29) is 30.2 Å². The molecular formula is C21H20FN5O2. The molecule has 2 N–H and O–H groups in total. The van der Waals surface area contributed by atoms with Crippen LogP contribution in [0, 0.1) is 5.82 Å². The SMILES string of the molecule is O=C(CNC(=O)c1ccccc1)N[C@@H]1CCc2nnc(-c3ccc(F)cc3)n2C1. The Labute approximate surface area is 167 Å². The summed E-state index contributed by atoms with van der Waals surface area (Å²) in [5.74, 6) is 0.640. The standard InChI is InChI=1S/C21H20FN5O2/c22-16-8-6-14(7-9-16)20-26-25-18-11-10-17(13-27(18)20)24-19(28)12-23-21(29)15-4-2-1-3-5-15/h1-9,17H,10-13H2,(H,23,29)(H,24,28)/t17-/m1/s1. The number of nitrogens with zero attached hydrogens (tertiary/aromatic N) is 3. The highest BCUT2D eigenvalue weighted by Gasteiger charge is 2.24. The van der Waals surface area contributed by atoms with Gasteiger partial charge in [0, 0.05) is 30.1 Å². The van der Waals surface area contributed by atoms with Gasteiger partial charge in [0.2, 0.25) is 5.91 Å². The maximum absolute atomic E-state index is 13.2. The number of hydrogen-bond donors (Lipinski definition) is 2. The fraction of sp³-hybridized carbons (Fsp3) is 0.238. The van der Waals surface area contributed by atoms with Crippen LogP contribution in [0.1, 0.15) is 22.6 Å². The van der Waals surface area contributed by atoms with Gasteiger partial charge in [-0.1, -0.05) is 18.2 Å². The number of aromatic nitrogens is 3. The van der Waals surface area contributed by atoms with Gasteiger partial charge in [-0.15, -0.1) is 10.2 Å². The molecular weight excluding hydrogens is 373 g/mol. The van der Waals surface area contributed by atoms with Crippen LogP contribution in [0.3, 0.4) is 0 Å². The Morgan fingerprint density at radius 2 is 1.83 bits per heavy atom. The van der Waals surface area contributed by atoms with E-state index in [4.69, 9.17) is 0 Å². The van der Waals surface area contributed by atoms with Crippen molar-refractivity contribution in [1.29, 1.82) is 0 Å². The summed E-state index contributed by atoms with van der Waals surface area (Å²) in [5, 5.41) is 14.0. The predicted octanol–water partition coefficient (Wildman–Crippen LogP) is 1.95. The number of amides is 2. The van der Waals surface area contributed by atoms with Crippen molar-refractivity contribution in [3.63, 3.8) is 0 Å². The number of carbonyl (C=O) groups is 2. The lowest BCUT2D eigenvalue weighted by molar-refractivity contribution is -0.121. The van der Waals surface area contributed by atoms with Gasteiger partial charge >= 0.3 is 0 Å². The lowest BCUT2D eigenvalue weighted by Crippen LogP contribution is -2.45. The Morgan fingerprint density at radius 3 is 2.59 bits per heavy atom. The summed E-state index contributed by atoms with van der Waals surface area (Å²) in [7, 11) is 0. The first kappa shape index (κ1) is 18.8. The molecule has 2 amide bonds. The molecule has 2 heterocycles. The van der Waals surface area contributed by atoms with Gasteiger partial charge in [0.15, 0.2) is 5.82 Å². The summed E-state index contributed by atoms with van der Waals surface area (Å²) in [6.07, 6.45) is 1.41. The van der Waals surface area contributed by atoms with Gasteiger partial charge < -0.3 is 15.2 Å². The lowest BCUT2D eigenvalue weighted by Gasteiger charge is -2.25. The minimum atomic E-state index is -0.310. The van der Waals surface area contributed by atoms with Gasteiger partial charge in [-0.3, -0.25) is 9.59 Å². The van der Waals surface area contributed by atoms with E-state index in [0.29, 0.717) is 24.4 Å². The second-order valence-electron chi connectivity index (χ2n) is 6.91. The van der Waals surface area contributed by atoms with Crippen molar-refractivity contribution < 1.29 is 14.0 Å². The smallest absolute Gasteiger partial charge is 0.251 e. The summed E-state index contributed by atoms with van der Waals surface area (Å²) < 4.78 is 15.1. The molecule has 0 radical (unpaired) electrons. The van der Waals surface area contributed by atoms with Gasteiger partial charge in [-0.05, 0) is 42.8 Å². The molecule has 0 saturated carbocycles. The predicted molar refractivity (Wildman–Crippen MR) is 104 cm³/mol. The van der Waals surface area contributed by atoms with Gasteiger partial charge in [-0.25, -0.2) is 4.39 Å². The highest BCUT2D eigenvalue weighted by Crippen LogP contribution is 2.23. The third-order valence-corrected chi connectivity index (χ3v) is 4.86. The van der Waals surface area contributed by atoms with E-state index in [9.17, 15) is 14.0 Å². The summed E-state index contributed by atoms with van der Waals surface area (Å²) in [4.78, 5) is 24.3. The van der Waals surface area contributed by atoms with Gasteiger partial charge in [-0.2, -0.15) is 0 Å². The molecule has 1 aliphatic rings. The van der Waals surface area contributed by atoms with Crippen LogP contribution < -0.4 is 10.6 Å². The van der Waals surface area contributed by atoms with Crippen molar-refractivity contribution >= 4 is 11.8 Å². The van der Waals surface area contributed by atoms with Crippen molar-refractivity contribution in [2.75, 3.05) is 6.54 Å². The summed E-state index contributed by atoms with van der Waals surface area (Å²) in [5.41, 5.74) is 1.28. The highest BCUT2D eigenvalue weighted by atomic mass is 19.1. The van der Waals surface area contributed by atoms with Crippen LogP contribution in [0.25, 0.3) is 11.4 Å². The number of nitrogens with one attached hydrogen (secondary N) is 2. The maximum atomic E-state index is 13.2. The van der Waals surface area contributed by atoms with Crippen LogP contribution in [-0.4, -0.2) is 39.2 Å². The highest BCUT2D eigenvalue weighted by molar-refractivity contribution is 5.96. The Bertz CT molecular complexity index is 1020. The van der Waals surface area contributed by atoms with Crippen molar-refractivity contribution in [3.8, 4) is 11.4 Å². The normalized spacial score (nSPS) is 15.4. The number of fused-ring (bicyclic) bond motifs is 1. The fourth-order valence-electron chi connectivity index (χ4n) is 3.39. The molecule has 0 spiro atoms. The van der Waals surface area contributed by atoms with E-state index in [0.717, 1.165) is 17.8 Å². The average Bonchev–Trinajstić information content (AvgIpc) is 3.16. The zero-order valence-electron chi connectivity index (χ0n) is 15.6. The first-order chi connectivity index (χ1) is 14.1. The van der Waals surface area contributed by atoms with Crippen molar-refractivity contribution in [3.05, 3.63) is 71.8 Å². The molecule has 0 fully saturated rings. The van der Waals surface area contributed by atoms with E-state index in [2.05, 4.69) is 20.8 Å². The summed E-state index contributed by atoms with van der Waals surface area (Å²) in [6.45, 7) is 0.428.